The minimum absolute atomic E-state index is 0. The maximum Gasteiger partial charge on any atom is 0.256 e. The molecule has 3 aromatic carbocycles. The number of pyridine rings is 6. The van der Waals surface area contributed by atoms with Gasteiger partial charge in [0.2, 0.25) is 11.8 Å². The van der Waals surface area contributed by atoms with Crippen LogP contribution in [-0.2, 0) is 14.4 Å². The number of amides is 3. The summed E-state index contributed by atoms with van der Waals surface area (Å²) in [4.78, 5) is 61.7. The maximum atomic E-state index is 11.9. The third-order valence-corrected chi connectivity index (χ3v) is 11.9. The molecule has 0 fully saturated rings. The summed E-state index contributed by atoms with van der Waals surface area (Å²) in [6, 6.07) is 36.9. The first kappa shape index (κ1) is 54.9. The van der Waals surface area contributed by atoms with Gasteiger partial charge in [-0.2, -0.15) is 5.26 Å². The van der Waals surface area contributed by atoms with Crippen LogP contribution >= 0.6 is 0 Å². The lowest BCUT2D eigenvalue weighted by Gasteiger charge is -2.16. The highest BCUT2D eigenvalue weighted by molar-refractivity contribution is 6.01. The summed E-state index contributed by atoms with van der Waals surface area (Å²) in [5.41, 5.74) is 25.5. The third-order valence-electron chi connectivity index (χ3n) is 11.9. The molecule has 75 heavy (non-hydrogen) atoms. The van der Waals surface area contributed by atoms with Gasteiger partial charge in [0.05, 0.1) is 23.2 Å². The molecular weight excluding hydrogens is 943 g/mol. The second kappa shape index (κ2) is 23.4. The highest BCUT2D eigenvalue weighted by atomic mass is 16.3. The predicted octanol–water partition coefficient (Wildman–Crippen LogP) is 10.6. The molecule has 6 heterocycles. The molecule has 0 aliphatic rings. The van der Waals surface area contributed by atoms with E-state index in [-0.39, 0.29) is 19.3 Å². The molecule has 6 aromatic heterocycles. The number of hydrogen-bond donors (Lipinski definition) is 7. The summed E-state index contributed by atoms with van der Waals surface area (Å²) in [5.74, 6) is 0.591. The molecule has 0 saturated heterocycles. The topological polar surface area (TPSA) is 287 Å². The Morgan fingerprint density at radius 3 is 1.17 bits per heavy atom. The lowest BCUT2D eigenvalue weighted by molar-refractivity contribution is -0.130. The van der Waals surface area contributed by atoms with Crippen LogP contribution in [0.15, 0.2) is 128 Å². The number of carbonyl (C=O) groups excluding carboxylic acids is 3. The van der Waals surface area contributed by atoms with Gasteiger partial charge in [-0.05, 0) is 111 Å². The number of nitrogens with two attached hydrogens (primary N) is 3. The van der Waals surface area contributed by atoms with Crippen molar-refractivity contribution in [2.45, 2.75) is 68.4 Å². The number of rotatable bonds is 9. The maximum absolute atomic E-state index is 11.9. The molecule has 17 heteroatoms. The zero-order valence-corrected chi connectivity index (χ0v) is 42.3. The van der Waals surface area contributed by atoms with E-state index in [1.165, 1.54) is 20.8 Å². The average Bonchev–Trinajstić information content (AvgIpc) is 3.36. The number of nitriles is 1. The van der Waals surface area contributed by atoms with Gasteiger partial charge in [-0.15, -0.1) is 0 Å². The van der Waals surface area contributed by atoms with Gasteiger partial charge >= 0.3 is 0 Å². The van der Waals surface area contributed by atoms with Gasteiger partial charge in [0, 0.05) is 57.4 Å². The first-order valence-electron chi connectivity index (χ1n) is 23.6. The van der Waals surface area contributed by atoms with Crippen molar-refractivity contribution in [3.8, 4) is 39.8 Å². The minimum atomic E-state index is -1.49. The number of hydrogen-bond acceptors (Lipinski definition) is 14. The van der Waals surface area contributed by atoms with Gasteiger partial charge in [0.15, 0.2) is 0 Å². The molecule has 382 valence electrons. The molecule has 0 aliphatic carbocycles. The Morgan fingerprint density at radius 1 is 0.547 bits per heavy atom. The van der Waals surface area contributed by atoms with E-state index >= 15 is 0 Å². The predicted molar refractivity (Wildman–Crippen MR) is 301 cm³/mol. The van der Waals surface area contributed by atoms with Crippen molar-refractivity contribution in [1.82, 2.24) is 29.9 Å². The Kier molecular flexibility index (Phi) is 17.2. The molecule has 3 amide bonds. The van der Waals surface area contributed by atoms with Crippen molar-refractivity contribution in [3.63, 3.8) is 0 Å². The Morgan fingerprint density at radius 2 is 0.867 bits per heavy atom. The molecule has 17 nitrogen and oxygen atoms in total. The number of aromatic nitrogens is 6. The quantitative estimate of drug-likeness (QED) is 0.0708. The Labute approximate surface area is 435 Å². The van der Waals surface area contributed by atoms with Crippen LogP contribution in [0.5, 0.6) is 0 Å². The molecule has 9 aromatic rings. The smallest absolute Gasteiger partial charge is 0.256 e. The van der Waals surface area contributed by atoms with Crippen LogP contribution in [0.25, 0.3) is 66.1 Å². The Bertz CT molecular complexity index is 3640. The molecule has 0 saturated carbocycles. The van der Waals surface area contributed by atoms with Crippen molar-refractivity contribution >= 4 is 84.9 Å². The van der Waals surface area contributed by atoms with Gasteiger partial charge < -0.3 is 38.3 Å². The van der Waals surface area contributed by atoms with Crippen LogP contribution in [0.4, 0.5) is 34.9 Å². The van der Waals surface area contributed by atoms with E-state index in [1.54, 1.807) is 30.7 Å². The van der Waals surface area contributed by atoms with Gasteiger partial charge in [-0.3, -0.25) is 14.4 Å². The first-order chi connectivity index (χ1) is 35.2. The molecule has 0 radical (unpaired) electrons. The molecule has 1 unspecified atom stereocenters. The fraction of sp³-hybridized carbons (Fsp3) is 0.207. The Hall–Kier alpha value is -9.40. The average molecular weight is 1000 g/mol. The number of benzene rings is 3. The fourth-order valence-electron chi connectivity index (χ4n) is 7.55. The highest BCUT2D eigenvalue weighted by Crippen LogP contribution is 2.32. The van der Waals surface area contributed by atoms with Crippen molar-refractivity contribution in [1.29, 1.82) is 5.26 Å². The largest absolute Gasteiger partial charge is 0.383 e. The van der Waals surface area contributed by atoms with Crippen LogP contribution in [0.2, 0.25) is 0 Å². The lowest BCUT2D eigenvalue weighted by Crippen LogP contribution is -2.36. The van der Waals surface area contributed by atoms with E-state index in [2.05, 4.69) is 45.9 Å². The number of carbonyl (C=O) groups is 3. The minimum Gasteiger partial charge on any atom is -0.383 e. The molecule has 9 rings (SSSR count). The van der Waals surface area contributed by atoms with Crippen molar-refractivity contribution in [3.05, 3.63) is 144 Å². The van der Waals surface area contributed by atoms with Gasteiger partial charge in [-0.25, -0.2) is 29.9 Å². The second-order valence-electron chi connectivity index (χ2n) is 18.5. The van der Waals surface area contributed by atoms with Crippen LogP contribution in [-0.4, -0.2) is 58.3 Å². The lowest BCUT2D eigenvalue weighted by atomic mass is 10.0. The molecular formula is C58H61N13O4. The van der Waals surface area contributed by atoms with Gasteiger partial charge in [0.1, 0.15) is 46.4 Å². The molecule has 10 N–H and O–H groups in total. The van der Waals surface area contributed by atoms with Crippen LogP contribution < -0.4 is 33.2 Å². The number of anilines is 6. The molecule has 0 spiro atoms. The highest BCUT2D eigenvalue weighted by Gasteiger charge is 2.24. The number of nitrogens with one attached hydrogen (secondary N) is 3. The van der Waals surface area contributed by atoms with Crippen molar-refractivity contribution in [2.24, 2.45) is 11.8 Å². The van der Waals surface area contributed by atoms with Crippen LogP contribution in [0, 0.1) is 43.9 Å². The molecule has 0 aliphatic heterocycles. The number of nitrogens with zero attached hydrogens (tertiary/aromatic N) is 7. The van der Waals surface area contributed by atoms with E-state index in [4.69, 9.17) is 22.5 Å². The fourth-order valence-corrected chi connectivity index (χ4v) is 7.55. The zero-order valence-electron chi connectivity index (χ0n) is 42.3. The van der Waals surface area contributed by atoms with Crippen molar-refractivity contribution < 1.29 is 19.5 Å². The standard InChI is InChI=1S/C19H17N5O.C19H20N4O2.C19H20N4O.CH4/c1-11-5-3-4-6-14(11)16-7-13-8-17(24-19(25)12(2)9-20)22-10-15(13)18(21)23-16;1-11-6-4-5-7-13(11)15-8-12-9-16(23-18(24)19(2,3)25)21-10-14(12)17(20)22-15;1-11(2)19(24)23-17-9-13-8-16(14-7-5-4-6-12(14)3)22-18(20)15(13)10-21-17;/h3-8,10,12H,1-2H3,(H2,21,23)(H,22,24,25);4-10,25H,1-3H3,(H2,20,22)(H,21,23,24);4-11H,1-3H3,(H2,20,22)(H,21,23,24);1H4. The summed E-state index contributed by atoms with van der Waals surface area (Å²) in [7, 11) is 0. The number of aliphatic hydroxyl groups is 1. The summed E-state index contributed by atoms with van der Waals surface area (Å²) in [5, 5.41) is 31.4. The van der Waals surface area contributed by atoms with Crippen LogP contribution in [0.1, 0.15) is 58.7 Å². The number of aryl methyl sites for hydroxylation is 3. The monoisotopic (exact) mass is 1000 g/mol. The van der Waals surface area contributed by atoms with Crippen molar-refractivity contribution in [2.75, 3.05) is 33.2 Å². The summed E-state index contributed by atoms with van der Waals surface area (Å²) in [6.45, 7) is 14.1. The Balaban J connectivity index is 0.000000182. The summed E-state index contributed by atoms with van der Waals surface area (Å²) in [6.07, 6.45) is 4.79. The van der Waals surface area contributed by atoms with E-state index in [1.807, 2.05) is 138 Å². The van der Waals surface area contributed by atoms with E-state index < -0.39 is 23.3 Å². The van der Waals surface area contributed by atoms with E-state index in [0.717, 1.165) is 72.0 Å². The van der Waals surface area contributed by atoms with Gasteiger partial charge in [0.25, 0.3) is 5.91 Å². The van der Waals surface area contributed by atoms with Crippen LogP contribution in [0.3, 0.4) is 0 Å². The third kappa shape index (κ3) is 13.2. The zero-order chi connectivity index (χ0) is 53.4. The molecule has 0 bridgehead atoms. The molecule has 1 atom stereocenters. The number of fused-ring (bicyclic) bond motifs is 3. The number of nitrogen functional groups attached to an aromatic ring is 3. The van der Waals surface area contributed by atoms with E-state index in [9.17, 15) is 19.5 Å². The second-order valence-corrected chi connectivity index (χ2v) is 18.5. The summed E-state index contributed by atoms with van der Waals surface area (Å²) < 4.78 is 0. The summed E-state index contributed by atoms with van der Waals surface area (Å²) >= 11 is 0. The normalized spacial score (nSPS) is 11.3. The van der Waals surface area contributed by atoms with Gasteiger partial charge in [-0.1, -0.05) is 94.1 Å². The van der Waals surface area contributed by atoms with E-state index in [0.29, 0.717) is 45.7 Å². The SMILES string of the molecule is C.Cc1ccccc1-c1cc2cc(NC(=O)C(C)(C)O)ncc2c(N)n1.Cc1ccccc1-c1cc2cc(NC(=O)C(C)C#N)ncc2c(N)n1.Cc1ccccc1-c1cc2cc(NC(=O)C(C)C)ncc2c(N)n1. The first-order valence-corrected chi connectivity index (χ1v) is 23.6.